The number of nitrogens with zero attached hydrogens (tertiary/aromatic N) is 1. The number of thioether (sulfide) groups is 1. The second-order valence-corrected chi connectivity index (χ2v) is 10.6. The zero-order valence-electron chi connectivity index (χ0n) is 23.4. The normalized spacial score (nSPS) is 12.7. The molecule has 11 heteroatoms. The molecule has 2 unspecified atom stereocenters. The maximum Gasteiger partial charge on any atom is 0.408 e. The van der Waals surface area contributed by atoms with Crippen LogP contribution in [-0.2, 0) is 30.3 Å². The molecule has 1 rings (SSSR count). The lowest BCUT2D eigenvalue weighted by Crippen LogP contribution is -2.54. The number of alkyl carbamates (subject to hydrolysis) is 1. The molecule has 214 valence electrons. The Balaban J connectivity index is 3.33. The highest BCUT2D eigenvalue weighted by atomic mass is 32.2. The van der Waals surface area contributed by atoms with Crippen LogP contribution in [-0.4, -0.2) is 83.8 Å². The first kappa shape index (κ1) is 33.2. The molecular weight excluding hydrogens is 510 g/mol. The first-order chi connectivity index (χ1) is 18.0. The predicted molar refractivity (Wildman–Crippen MR) is 148 cm³/mol. The molecule has 0 aliphatic heterocycles. The quantitative estimate of drug-likeness (QED) is 0.282. The van der Waals surface area contributed by atoms with Crippen molar-refractivity contribution in [3.63, 3.8) is 0 Å². The molecule has 0 aromatic heterocycles. The van der Waals surface area contributed by atoms with Crippen molar-refractivity contribution in [3.05, 3.63) is 35.4 Å². The van der Waals surface area contributed by atoms with E-state index in [1.165, 1.54) is 16.7 Å². The summed E-state index contributed by atoms with van der Waals surface area (Å²) in [6.07, 6.45) is 2.21. The van der Waals surface area contributed by atoms with Crippen LogP contribution in [0.4, 0.5) is 4.79 Å². The lowest BCUT2D eigenvalue weighted by molar-refractivity contribution is -0.144. The number of carbonyl (C=O) groups excluding carboxylic acids is 4. The molecule has 38 heavy (non-hydrogen) atoms. The van der Waals surface area contributed by atoms with Crippen molar-refractivity contribution >= 4 is 35.6 Å². The summed E-state index contributed by atoms with van der Waals surface area (Å²) in [4.78, 5) is 52.8. The molecule has 1 aromatic rings. The lowest BCUT2D eigenvalue weighted by atomic mass is 10.00. The van der Waals surface area contributed by atoms with Crippen LogP contribution in [0.5, 0.6) is 0 Å². The Kier molecular flexibility index (Phi) is 14.8. The third-order valence-corrected chi connectivity index (χ3v) is 6.07. The Bertz CT molecular complexity index is 903. The molecule has 2 atom stereocenters. The van der Waals surface area contributed by atoms with Crippen LogP contribution in [0, 0.1) is 0 Å². The lowest BCUT2D eigenvalue weighted by Gasteiger charge is -2.34. The van der Waals surface area contributed by atoms with Crippen molar-refractivity contribution in [2.75, 3.05) is 38.3 Å². The van der Waals surface area contributed by atoms with Gasteiger partial charge in [0.2, 0.25) is 11.8 Å². The SMILES string of the molecule is CCOC(=O)CCNC(=O)C(c1ccc(CC)cc1)N(CCO)C(=O)C(CCSC)NC(=O)OC(C)(C)C. The smallest absolute Gasteiger partial charge is 0.408 e. The van der Waals surface area contributed by atoms with Gasteiger partial charge in [-0.2, -0.15) is 11.8 Å². The van der Waals surface area contributed by atoms with E-state index in [4.69, 9.17) is 9.47 Å². The molecule has 0 radical (unpaired) electrons. The summed E-state index contributed by atoms with van der Waals surface area (Å²) < 4.78 is 10.3. The minimum atomic E-state index is -1.10. The van der Waals surface area contributed by atoms with Crippen molar-refractivity contribution in [2.45, 2.75) is 71.6 Å². The van der Waals surface area contributed by atoms with Gasteiger partial charge in [0.25, 0.3) is 0 Å². The zero-order valence-corrected chi connectivity index (χ0v) is 24.2. The van der Waals surface area contributed by atoms with E-state index in [0.29, 0.717) is 17.7 Å². The van der Waals surface area contributed by atoms with E-state index in [0.717, 1.165) is 12.0 Å². The molecule has 0 aliphatic carbocycles. The number of aliphatic hydroxyl groups is 1. The van der Waals surface area contributed by atoms with Crippen LogP contribution in [0.2, 0.25) is 0 Å². The number of rotatable bonds is 15. The third kappa shape index (κ3) is 11.7. The van der Waals surface area contributed by atoms with E-state index in [9.17, 15) is 24.3 Å². The first-order valence-corrected chi connectivity index (χ1v) is 14.3. The standard InChI is InChI=1S/C27H43N3O7S/c1-7-19-9-11-20(12-10-19)23(24(33)28-15-13-22(32)36-8-2)30(16-17-31)25(34)21(14-18-38-6)29-26(35)37-27(3,4)5/h9-12,21,23,31H,7-8,13-18H2,1-6H3,(H,28,33)(H,29,35). The number of carbonyl (C=O) groups is 4. The Hall–Kier alpha value is -2.79. The summed E-state index contributed by atoms with van der Waals surface area (Å²) >= 11 is 1.51. The van der Waals surface area contributed by atoms with Gasteiger partial charge in [0.15, 0.2) is 0 Å². The fourth-order valence-corrected chi connectivity index (χ4v) is 4.11. The van der Waals surface area contributed by atoms with Crippen LogP contribution in [0.15, 0.2) is 24.3 Å². The van der Waals surface area contributed by atoms with Gasteiger partial charge >= 0.3 is 12.1 Å². The Labute approximate surface area is 230 Å². The minimum absolute atomic E-state index is 0.0222. The molecule has 0 saturated carbocycles. The van der Waals surface area contributed by atoms with E-state index in [2.05, 4.69) is 10.6 Å². The number of esters is 1. The molecular formula is C27H43N3O7S. The van der Waals surface area contributed by atoms with Gasteiger partial charge in [-0.05, 0) is 63.7 Å². The van der Waals surface area contributed by atoms with Crippen LogP contribution < -0.4 is 10.6 Å². The van der Waals surface area contributed by atoms with E-state index in [-0.39, 0.29) is 26.1 Å². The highest BCUT2D eigenvalue weighted by Gasteiger charge is 2.36. The number of aliphatic hydroxyl groups excluding tert-OH is 1. The summed E-state index contributed by atoms with van der Waals surface area (Å²) in [5.74, 6) is -0.912. The number of hydrogen-bond donors (Lipinski definition) is 3. The second-order valence-electron chi connectivity index (χ2n) is 9.58. The van der Waals surface area contributed by atoms with Crippen LogP contribution >= 0.6 is 11.8 Å². The molecule has 3 N–H and O–H groups in total. The largest absolute Gasteiger partial charge is 0.466 e. The Morgan fingerprint density at radius 1 is 1.11 bits per heavy atom. The van der Waals surface area contributed by atoms with Gasteiger partial charge in [-0.1, -0.05) is 31.2 Å². The number of hydrogen-bond acceptors (Lipinski definition) is 8. The number of nitrogens with one attached hydrogen (secondary N) is 2. The van der Waals surface area contributed by atoms with Crippen molar-refractivity contribution in [3.8, 4) is 0 Å². The Morgan fingerprint density at radius 2 is 1.76 bits per heavy atom. The highest BCUT2D eigenvalue weighted by Crippen LogP contribution is 2.24. The molecule has 0 aliphatic rings. The van der Waals surface area contributed by atoms with Crippen LogP contribution in [0.3, 0.4) is 0 Å². The predicted octanol–water partition coefficient (Wildman–Crippen LogP) is 2.83. The molecule has 0 bridgehead atoms. The number of benzene rings is 1. The second kappa shape index (κ2) is 16.9. The highest BCUT2D eigenvalue weighted by molar-refractivity contribution is 7.98. The van der Waals surface area contributed by atoms with E-state index >= 15 is 0 Å². The van der Waals surface area contributed by atoms with Gasteiger partial charge in [-0.15, -0.1) is 0 Å². The zero-order chi connectivity index (χ0) is 28.7. The maximum atomic E-state index is 13.8. The average molecular weight is 554 g/mol. The van der Waals surface area contributed by atoms with Crippen molar-refractivity contribution in [1.29, 1.82) is 0 Å². The first-order valence-electron chi connectivity index (χ1n) is 12.9. The molecule has 0 fully saturated rings. The molecule has 3 amide bonds. The monoisotopic (exact) mass is 553 g/mol. The van der Waals surface area contributed by atoms with E-state index in [1.54, 1.807) is 39.8 Å². The average Bonchev–Trinajstić information content (AvgIpc) is 2.85. The van der Waals surface area contributed by atoms with Gasteiger partial charge in [0, 0.05) is 13.1 Å². The number of amides is 3. The summed E-state index contributed by atoms with van der Waals surface area (Å²) in [7, 11) is 0. The van der Waals surface area contributed by atoms with Gasteiger partial charge in [0.1, 0.15) is 17.7 Å². The summed E-state index contributed by atoms with van der Waals surface area (Å²) in [6, 6.07) is 5.21. The van der Waals surface area contributed by atoms with Gasteiger partial charge in [0.05, 0.1) is 19.6 Å². The van der Waals surface area contributed by atoms with Crippen LogP contribution in [0.25, 0.3) is 0 Å². The molecule has 0 spiro atoms. The number of aryl methyl sites for hydroxylation is 1. The minimum Gasteiger partial charge on any atom is -0.466 e. The fraction of sp³-hybridized carbons (Fsp3) is 0.630. The molecule has 10 nitrogen and oxygen atoms in total. The van der Waals surface area contributed by atoms with Gasteiger partial charge in [-0.25, -0.2) is 4.79 Å². The van der Waals surface area contributed by atoms with Crippen molar-refractivity contribution in [1.82, 2.24) is 15.5 Å². The topological polar surface area (TPSA) is 134 Å². The summed E-state index contributed by atoms with van der Waals surface area (Å²) in [6.45, 7) is 8.59. The van der Waals surface area contributed by atoms with Crippen LogP contribution in [0.1, 0.15) is 64.6 Å². The summed E-state index contributed by atoms with van der Waals surface area (Å²) in [5.41, 5.74) is 0.836. The number of ether oxygens (including phenoxy) is 2. The van der Waals surface area contributed by atoms with Crippen molar-refractivity contribution < 1.29 is 33.8 Å². The fourth-order valence-electron chi connectivity index (χ4n) is 3.64. The Morgan fingerprint density at radius 3 is 2.29 bits per heavy atom. The maximum absolute atomic E-state index is 13.8. The molecule has 0 heterocycles. The van der Waals surface area contributed by atoms with Gasteiger partial charge in [-0.3, -0.25) is 14.4 Å². The third-order valence-electron chi connectivity index (χ3n) is 5.42. The van der Waals surface area contributed by atoms with Gasteiger partial charge < -0.3 is 30.1 Å². The summed E-state index contributed by atoms with van der Waals surface area (Å²) in [5, 5.41) is 15.2. The molecule has 1 aromatic carbocycles. The molecule has 0 saturated heterocycles. The van der Waals surface area contributed by atoms with E-state index < -0.39 is 48.2 Å². The van der Waals surface area contributed by atoms with E-state index in [1.807, 2.05) is 25.3 Å². The van der Waals surface area contributed by atoms with Crippen molar-refractivity contribution in [2.24, 2.45) is 0 Å².